The van der Waals surface area contributed by atoms with Gasteiger partial charge in [-0.25, -0.2) is 4.98 Å². The molecule has 2 heterocycles. The van der Waals surface area contributed by atoms with E-state index in [0.29, 0.717) is 27.2 Å². The van der Waals surface area contributed by atoms with Gasteiger partial charge in [-0.3, -0.25) is 9.78 Å². The van der Waals surface area contributed by atoms with Crippen LogP contribution in [0.2, 0.25) is 10.0 Å². The van der Waals surface area contributed by atoms with Crippen LogP contribution in [-0.2, 0) is 0 Å². The summed E-state index contributed by atoms with van der Waals surface area (Å²) < 4.78 is 11.2. The van der Waals surface area contributed by atoms with Gasteiger partial charge in [-0.2, -0.15) is 0 Å². The number of carbonyl (C=O) groups excluding carboxylic acids is 1. The Bertz CT molecular complexity index is 976. The summed E-state index contributed by atoms with van der Waals surface area (Å²) in [6, 6.07) is 7.14. The SMILES string of the molecule is CN(C)CCCOc1ccc(NC(=O)c2cnc(Sc3c(Cl)cncc3Cl)o2)cc1. The molecule has 10 heteroatoms. The standard InChI is InChI=1S/C20H20Cl2N4O3S/c1-26(2)8-3-9-28-14-6-4-13(5-7-14)25-19(27)17-12-24-20(29-17)30-18-15(21)10-23-11-16(18)22/h4-7,10-12H,3,8-9H2,1-2H3,(H,25,27). The van der Waals surface area contributed by atoms with Crippen molar-refractivity contribution in [2.24, 2.45) is 0 Å². The second-order valence-corrected chi connectivity index (χ2v) is 8.28. The monoisotopic (exact) mass is 466 g/mol. The molecule has 3 rings (SSSR count). The van der Waals surface area contributed by atoms with Crippen LogP contribution in [0.3, 0.4) is 0 Å². The van der Waals surface area contributed by atoms with Crippen LogP contribution in [-0.4, -0.2) is 48.0 Å². The number of amides is 1. The number of anilines is 1. The number of pyridine rings is 1. The van der Waals surface area contributed by atoms with Crippen LogP contribution >= 0.6 is 35.0 Å². The summed E-state index contributed by atoms with van der Waals surface area (Å²) in [5.74, 6) is 0.403. The predicted molar refractivity (Wildman–Crippen MR) is 118 cm³/mol. The molecule has 0 atom stereocenters. The molecule has 1 N–H and O–H groups in total. The van der Waals surface area contributed by atoms with Crippen molar-refractivity contribution in [2.75, 3.05) is 32.6 Å². The third-order valence-electron chi connectivity index (χ3n) is 3.84. The van der Waals surface area contributed by atoms with Crippen molar-refractivity contribution in [1.82, 2.24) is 14.9 Å². The minimum absolute atomic E-state index is 0.0720. The van der Waals surface area contributed by atoms with Crippen molar-refractivity contribution in [1.29, 1.82) is 0 Å². The maximum absolute atomic E-state index is 12.4. The smallest absolute Gasteiger partial charge is 0.293 e. The van der Waals surface area contributed by atoms with E-state index in [1.165, 1.54) is 18.6 Å². The summed E-state index contributed by atoms with van der Waals surface area (Å²) in [6.45, 7) is 1.60. The number of oxazole rings is 1. The van der Waals surface area contributed by atoms with E-state index in [1.807, 2.05) is 14.1 Å². The Morgan fingerprint density at radius 2 is 1.87 bits per heavy atom. The Hall–Kier alpha value is -2.26. The van der Waals surface area contributed by atoms with Gasteiger partial charge in [-0.1, -0.05) is 23.2 Å². The Balaban J connectivity index is 1.55. The van der Waals surface area contributed by atoms with E-state index in [1.54, 1.807) is 24.3 Å². The molecule has 0 saturated heterocycles. The number of carbonyl (C=O) groups is 1. The van der Waals surface area contributed by atoms with Gasteiger partial charge in [0, 0.05) is 24.6 Å². The molecule has 0 saturated carbocycles. The number of nitrogens with one attached hydrogen (secondary N) is 1. The molecular formula is C20H20Cl2N4O3S. The highest BCUT2D eigenvalue weighted by atomic mass is 35.5. The quantitative estimate of drug-likeness (QED) is 0.438. The van der Waals surface area contributed by atoms with Crippen LogP contribution < -0.4 is 10.1 Å². The van der Waals surface area contributed by atoms with Crippen molar-refractivity contribution >= 4 is 46.6 Å². The van der Waals surface area contributed by atoms with Gasteiger partial charge in [0.25, 0.3) is 11.1 Å². The molecule has 1 amide bonds. The molecule has 0 aliphatic rings. The van der Waals surface area contributed by atoms with Crippen molar-refractivity contribution in [3.8, 4) is 5.75 Å². The number of ether oxygens (including phenoxy) is 1. The van der Waals surface area contributed by atoms with Crippen molar-refractivity contribution in [2.45, 2.75) is 16.5 Å². The maximum atomic E-state index is 12.4. The number of aromatic nitrogens is 2. The van der Waals surface area contributed by atoms with Gasteiger partial charge >= 0.3 is 0 Å². The Morgan fingerprint density at radius 3 is 2.53 bits per heavy atom. The predicted octanol–water partition coefficient (Wildman–Crippen LogP) is 5.11. The molecule has 3 aromatic rings. The molecule has 30 heavy (non-hydrogen) atoms. The molecule has 0 unspecified atom stereocenters. The van der Waals surface area contributed by atoms with Crippen LogP contribution in [0.5, 0.6) is 5.75 Å². The fraction of sp³-hybridized carbons (Fsp3) is 0.250. The molecular weight excluding hydrogens is 447 g/mol. The van der Waals surface area contributed by atoms with Crippen molar-refractivity contribution in [3.63, 3.8) is 0 Å². The zero-order valence-electron chi connectivity index (χ0n) is 16.4. The third-order valence-corrected chi connectivity index (χ3v) is 5.64. The first-order chi connectivity index (χ1) is 14.4. The molecule has 0 radical (unpaired) electrons. The molecule has 0 bridgehead atoms. The average Bonchev–Trinajstić information content (AvgIpc) is 3.18. The normalized spacial score (nSPS) is 11.0. The molecule has 0 aliphatic heterocycles. The number of rotatable bonds is 9. The van der Waals surface area contributed by atoms with Crippen LogP contribution in [0.25, 0.3) is 0 Å². The van der Waals surface area contributed by atoms with Gasteiger partial charge < -0.3 is 19.4 Å². The van der Waals surface area contributed by atoms with Gasteiger partial charge in [0.2, 0.25) is 5.76 Å². The largest absolute Gasteiger partial charge is 0.494 e. The fourth-order valence-electron chi connectivity index (χ4n) is 2.39. The van der Waals surface area contributed by atoms with E-state index < -0.39 is 5.91 Å². The lowest BCUT2D eigenvalue weighted by molar-refractivity contribution is 0.0991. The number of halogens is 2. The van der Waals surface area contributed by atoms with Crippen LogP contribution in [0.4, 0.5) is 5.69 Å². The lowest BCUT2D eigenvalue weighted by atomic mass is 10.3. The summed E-state index contributed by atoms with van der Waals surface area (Å²) in [6.07, 6.45) is 5.24. The number of benzene rings is 1. The van der Waals surface area contributed by atoms with E-state index in [0.717, 1.165) is 30.5 Å². The van der Waals surface area contributed by atoms with Crippen LogP contribution in [0, 0.1) is 0 Å². The summed E-state index contributed by atoms with van der Waals surface area (Å²) in [5, 5.41) is 3.76. The second-order valence-electron chi connectivity index (χ2n) is 6.51. The van der Waals surface area contributed by atoms with Gasteiger partial charge in [0.05, 0.1) is 27.7 Å². The third kappa shape index (κ3) is 6.37. The second kappa shape index (κ2) is 10.7. The highest BCUT2D eigenvalue weighted by molar-refractivity contribution is 7.99. The molecule has 158 valence electrons. The number of nitrogens with zero attached hydrogens (tertiary/aromatic N) is 3. The number of hydrogen-bond donors (Lipinski definition) is 1. The topological polar surface area (TPSA) is 80.5 Å². The molecule has 1 aromatic carbocycles. The first-order valence-corrected chi connectivity index (χ1v) is 10.6. The lowest BCUT2D eigenvalue weighted by Gasteiger charge is -2.10. The average molecular weight is 467 g/mol. The van der Waals surface area contributed by atoms with Gasteiger partial charge in [0.1, 0.15) is 5.75 Å². The summed E-state index contributed by atoms with van der Waals surface area (Å²) >= 11 is 13.3. The Morgan fingerprint density at radius 1 is 1.17 bits per heavy atom. The summed E-state index contributed by atoms with van der Waals surface area (Å²) in [4.78, 5) is 23.1. The first kappa shape index (κ1) is 22.4. The van der Waals surface area contributed by atoms with E-state index in [-0.39, 0.29) is 11.0 Å². The molecule has 0 spiro atoms. The molecule has 0 aliphatic carbocycles. The van der Waals surface area contributed by atoms with E-state index in [9.17, 15) is 4.79 Å². The zero-order chi connectivity index (χ0) is 21.5. The minimum atomic E-state index is -0.416. The fourth-order valence-corrected chi connectivity index (χ4v) is 3.70. The Kier molecular flexibility index (Phi) is 7.98. The minimum Gasteiger partial charge on any atom is -0.494 e. The van der Waals surface area contributed by atoms with Gasteiger partial charge in [-0.15, -0.1) is 0 Å². The van der Waals surface area contributed by atoms with Gasteiger partial charge in [0.15, 0.2) is 0 Å². The zero-order valence-corrected chi connectivity index (χ0v) is 18.7. The highest BCUT2D eigenvalue weighted by Gasteiger charge is 2.16. The van der Waals surface area contributed by atoms with Crippen molar-refractivity contribution in [3.05, 3.63) is 58.7 Å². The molecule has 2 aromatic heterocycles. The summed E-state index contributed by atoms with van der Waals surface area (Å²) in [5.41, 5.74) is 0.617. The molecule has 0 fully saturated rings. The lowest BCUT2D eigenvalue weighted by Crippen LogP contribution is -2.15. The van der Waals surface area contributed by atoms with Crippen molar-refractivity contribution < 1.29 is 13.9 Å². The first-order valence-electron chi connectivity index (χ1n) is 9.04. The van der Waals surface area contributed by atoms with E-state index in [2.05, 4.69) is 20.2 Å². The van der Waals surface area contributed by atoms with E-state index in [4.69, 9.17) is 32.4 Å². The van der Waals surface area contributed by atoms with Gasteiger partial charge in [-0.05, 0) is 56.5 Å². The Labute approximate surface area is 188 Å². The number of hydrogen-bond acceptors (Lipinski definition) is 7. The van der Waals surface area contributed by atoms with Crippen LogP contribution in [0.15, 0.2) is 57.4 Å². The van der Waals surface area contributed by atoms with E-state index >= 15 is 0 Å². The summed E-state index contributed by atoms with van der Waals surface area (Å²) in [7, 11) is 4.05. The maximum Gasteiger partial charge on any atom is 0.293 e. The molecule has 7 nitrogen and oxygen atoms in total. The highest BCUT2D eigenvalue weighted by Crippen LogP contribution is 2.37. The van der Waals surface area contributed by atoms with Crippen LogP contribution in [0.1, 0.15) is 17.0 Å².